The van der Waals surface area contributed by atoms with Crippen LogP contribution in [0.25, 0.3) is 0 Å². The lowest BCUT2D eigenvalue weighted by Crippen LogP contribution is -3.12. The maximum atomic E-state index is 9.76. The summed E-state index contributed by atoms with van der Waals surface area (Å²) in [6.07, 6.45) is 0. The smallest absolute Gasteiger partial charge is 0.0336 e. The summed E-state index contributed by atoms with van der Waals surface area (Å²) < 4.78 is 4.20. The molecule has 1 aromatic heterocycles. The van der Waals surface area contributed by atoms with E-state index in [1.165, 1.54) is 0 Å². The molecule has 0 bridgehead atoms. The van der Waals surface area contributed by atoms with Gasteiger partial charge in [-0.15, -0.1) is 11.2 Å². The van der Waals surface area contributed by atoms with Crippen molar-refractivity contribution in [3.63, 3.8) is 0 Å². The van der Waals surface area contributed by atoms with Gasteiger partial charge in [-0.05, 0) is 4.94 Å². The van der Waals surface area contributed by atoms with Crippen LogP contribution < -0.4 is 16.8 Å². The highest BCUT2D eigenvalue weighted by Gasteiger charge is 1.94. The molecular weight excluding hydrogens is 118 g/mol. The van der Waals surface area contributed by atoms with Crippen molar-refractivity contribution >= 4 is 0 Å². The van der Waals surface area contributed by atoms with E-state index in [1.807, 2.05) is 5.59 Å². The molecule has 0 amide bonds. The van der Waals surface area contributed by atoms with Crippen LogP contribution in [0.2, 0.25) is 0 Å². The third kappa shape index (κ3) is 1.66. The molecule has 8 heavy (non-hydrogen) atoms. The zero-order valence-electron chi connectivity index (χ0n) is 3.75. The van der Waals surface area contributed by atoms with E-state index in [4.69, 9.17) is 0 Å². The largest absolute Gasteiger partial charge is 0.578 e. The summed E-state index contributed by atoms with van der Waals surface area (Å²) in [6.45, 7) is 0. The first-order valence-electron chi connectivity index (χ1n) is 1.73. The van der Waals surface area contributed by atoms with Gasteiger partial charge in [0.2, 0.25) is 0 Å². The van der Waals surface area contributed by atoms with Crippen LogP contribution in [-0.4, -0.2) is 10.2 Å². The van der Waals surface area contributed by atoms with E-state index in [-0.39, 0.29) is 0 Å². The molecule has 0 saturated heterocycles. The SMILES string of the molecule is N[NH+]([O-])ONn1[nH]o1. The van der Waals surface area contributed by atoms with Crippen molar-refractivity contribution in [2.75, 3.05) is 5.59 Å². The van der Waals surface area contributed by atoms with Gasteiger partial charge in [0.25, 0.3) is 0 Å². The second-order valence-corrected chi connectivity index (χ2v) is 0.989. The van der Waals surface area contributed by atoms with Gasteiger partial charge in [-0.1, -0.05) is 10.9 Å². The van der Waals surface area contributed by atoms with Gasteiger partial charge >= 0.3 is 0 Å². The van der Waals surface area contributed by atoms with Crippen LogP contribution in [-0.2, 0) is 4.94 Å². The first-order valence-corrected chi connectivity index (χ1v) is 1.73. The number of quaternary nitrogens is 1. The number of nitrogens with zero attached hydrogens (tertiary/aromatic N) is 1. The number of aromatic amines is 1. The lowest BCUT2D eigenvalue weighted by atomic mass is 12.5. The van der Waals surface area contributed by atoms with Crippen molar-refractivity contribution in [1.82, 2.24) is 10.2 Å². The molecule has 0 aliphatic heterocycles. The predicted molar refractivity (Wildman–Crippen MR) is 20.0 cm³/mol. The standard InChI is InChI=1S/H5N5O3/c1-4(6)7-2-5-3-8-5/h2-4H,1H2. The second-order valence-electron chi connectivity index (χ2n) is 0.989. The van der Waals surface area contributed by atoms with Crippen LogP contribution in [0.15, 0.2) is 4.63 Å². The van der Waals surface area contributed by atoms with Gasteiger partial charge in [0.15, 0.2) is 0 Å². The Morgan fingerprint density at radius 2 is 2.62 bits per heavy atom. The Kier molecular flexibility index (Phi) is 1.22. The van der Waals surface area contributed by atoms with Crippen LogP contribution in [0.3, 0.4) is 0 Å². The molecule has 0 fully saturated rings. The molecule has 8 nitrogen and oxygen atoms in total. The van der Waals surface area contributed by atoms with Gasteiger partial charge in [0, 0.05) is 4.96 Å². The molecule has 0 aliphatic carbocycles. The number of nitrogens with two attached hydrogens (primary N) is 1. The molecular formula is H5N5O3. The fraction of sp³-hybridized carbons (Fsp3) is 0. The first kappa shape index (κ1) is 5.18. The van der Waals surface area contributed by atoms with Crippen molar-refractivity contribution in [2.24, 2.45) is 5.84 Å². The number of hydrogen-bond donors (Lipinski definition) is 4. The molecule has 1 heterocycles. The molecule has 1 aromatic rings. The zero-order valence-corrected chi connectivity index (χ0v) is 3.75. The van der Waals surface area contributed by atoms with Crippen LogP contribution in [0.1, 0.15) is 0 Å². The number of hydrogen-bond acceptors (Lipinski definition) is 5. The minimum Gasteiger partial charge on any atom is -0.578 e. The Hall–Kier alpha value is -0.960. The van der Waals surface area contributed by atoms with Crippen molar-refractivity contribution < 1.29 is 14.9 Å². The van der Waals surface area contributed by atoms with E-state index in [9.17, 15) is 5.21 Å². The monoisotopic (exact) mass is 123 g/mol. The minimum absolute atomic E-state index is 0.928. The van der Waals surface area contributed by atoms with Gasteiger partial charge < -0.3 is 5.21 Å². The van der Waals surface area contributed by atoms with E-state index in [2.05, 4.69) is 20.7 Å². The predicted octanol–water partition coefficient (Wildman–Crippen LogP) is -2.94. The molecule has 0 radical (unpaired) electrons. The molecule has 48 valence electrons. The quantitative estimate of drug-likeness (QED) is 0.254. The maximum absolute atomic E-state index is 9.76. The summed E-state index contributed by atoms with van der Waals surface area (Å²) in [5.41, 5.74) is 1.98. The summed E-state index contributed by atoms with van der Waals surface area (Å²) in [6, 6.07) is 0. The second kappa shape index (κ2) is 1.88. The zero-order chi connectivity index (χ0) is 5.98. The Balaban J connectivity index is 1.99. The summed E-state index contributed by atoms with van der Waals surface area (Å²) in [5, 5.41) is 11.0. The molecule has 0 saturated carbocycles. The summed E-state index contributed by atoms with van der Waals surface area (Å²) in [7, 11) is 0. The Bertz CT molecular complexity index is 116. The van der Waals surface area contributed by atoms with Crippen molar-refractivity contribution in [3.05, 3.63) is 5.21 Å². The molecule has 5 N–H and O–H groups in total. The van der Waals surface area contributed by atoms with Crippen molar-refractivity contribution in [3.8, 4) is 0 Å². The number of rotatable bonds is 3. The number of aromatic nitrogens is 2. The summed E-state index contributed by atoms with van der Waals surface area (Å²) in [4.78, 5) is 4.94. The fourth-order valence-electron chi connectivity index (χ4n) is 0.144. The van der Waals surface area contributed by atoms with Crippen molar-refractivity contribution in [1.29, 1.82) is 0 Å². The normalized spacial score (nSPS) is 14.2. The first-order chi connectivity index (χ1) is 3.79. The van der Waals surface area contributed by atoms with E-state index in [0.29, 0.717) is 0 Å². The van der Waals surface area contributed by atoms with E-state index in [0.717, 1.165) is 4.96 Å². The van der Waals surface area contributed by atoms with Crippen LogP contribution in [0.4, 0.5) is 0 Å². The third-order valence-corrected chi connectivity index (χ3v) is 0.412. The molecule has 1 atom stereocenters. The molecule has 1 unspecified atom stereocenters. The summed E-state index contributed by atoms with van der Waals surface area (Å²) >= 11 is 0. The minimum atomic E-state index is -0.928. The van der Waals surface area contributed by atoms with E-state index >= 15 is 0 Å². The molecule has 1 rings (SSSR count). The highest BCUT2D eigenvalue weighted by Crippen LogP contribution is 1.72. The van der Waals surface area contributed by atoms with E-state index in [1.54, 1.807) is 0 Å². The number of H-pyrrole nitrogens is 1. The van der Waals surface area contributed by atoms with Crippen LogP contribution in [0.5, 0.6) is 0 Å². The average Bonchev–Trinajstić information content (AvgIpc) is 2.41. The van der Waals surface area contributed by atoms with Gasteiger partial charge in [-0.3, -0.25) is 0 Å². The Labute approximate surface area is 43.1 Å². The third-order valence-electron chi connectivity index (χ3n) is 0.412. The lowest BCUT2D eigenvalue weighted by molar-refractivity contribution is -1.06. The Morgan fingerprint density at radius 3 is 3.00 bits per heavy atom. The highest BCUT2D eigenvalue weighted by atomic mass is 17.0. The molecule has 0 aliphatic rings. The van der Waals surface area contributed by atoms with E-state index < -0.39 is 5.34 Å². The van der Waals surface area contributed by atoms with Crippen molar-refractivity contribution in [2.45, 2.75) is 0 Å². The van der Waals surface area contributed by atoms with Gasteiger partial charge in [0.05, 0.1) is 0 Å². The molecule has 8 heteroatoms. The lowest BCUT2D eigenvalue weighted by Gasteiger charge is -2.07. The van der Waals surface area contributed by atoms with Gasteiger partial charge in [0.1, 0.15) is 0 Å². The van der Waals surface area contributed by atoms with Gasteiger partial charge in [-0.2, -0.15) is 0 Å². The number of nitrogens with one attached hydrogen (secondary N) is 3. The molecule has 0 aromatic carbocycles. The fourth-order valence-corrected chi connectivity index (χ4v) is 0.144. The highest BCUT2D eigenvalue weighted by molar-refractivity contribution is 4.21. The Morgan fingerprint density at radius 1 is 2.00 bits per heavy atom. The molecule has 0 spiro atoms. The average molecular weight is 123 g/mol. The van der Waals surface area contributed by atoms with Gasteiger partial charge in [-0.25, -0.2) is 4.63 Å². The topological polar surface area (TPSA) is 109 Å². The summed E-state index contributed by atoms with van der Waals surface area (Å²) in [5.74, 6) is 4.53. The van der Waals surface area contributed by atoms with Crippen LogP contribution >= 0.6 is 0 Å². The van der Waals surface area contributed by atoms with Crippen LogP contribution in [0, 0.1) is 5.21 Å². The maximum Gasteiger partial charge on any atom is 0.0336 e.